The van der Waals surface area contributed by atoms with Gasteiger partial charge in [-0.05, 0) is 56.3 Å². The van der Waals surface area contributed by atoms with Gasteiger partial charge in [0.2, 0.25) is 0 Å². The van der Waals surface area contributed by atoms with Crippen molar-refractivity contribution in [3.8, 4) is 0 Å². The summed E-state index contributed by atoms with van der Waals surface area (Å²) in [5.74, 6) is 2.84. The van der Waals surface area contributed by atoms with Crippen LogP contribution in [0.15, 0.2) is 0 Å². The van der Waals surface area contributed by atoms with Gasteiger partial charge in [0.1, 0.15) is 0 Å². The Balaban J connectivity index is 1.57. The van der Waals surface area contributed by atoms with Gasteiger partial charge in [-0.15, -0.1) is 0 Å². The summed E-state index contributed by atoms with van der Waals surface area (Å²) in [7, 11) is 0. The monoisotopic (exact) mass is 265 g/mol. The Labute approximate surface area is 118 Å². The van der Waals surface area contributed by atoms with Crippen molar-refractivity contribution in [2.75, 3.05) is 26.2 Å². The summed E-state index contributed by atoms with van der Waals surface area (Å²) in [4.78, 5) is 2.72. The Kier molecular flexibility index (Phi) is 4.19. The van der Waals surface area contributed by atoms with Crippen LogP contribution in [0.5, 0.6) is 0 Å². The third-order valence-electron chi connectivity index (χ3n) is 5.66. The summed E-state index contributed by atoms with van der Waals surface area (Å²) >= 11 is 0. The summed E-state index contributed by atoms with van der Waals surface area (Å²) in [6.07, 6.45) is 10.9. The van der Waals surface area contributed by atoms with Crippen molar-refractivity contribution in [3.05, 3.63) is 0 Å². The number of aliphatic hydroxyl groups is 1. The van der Waals surface area contributed by atoms with Gasteiger partial charge in [0.25, 0.3) is 0 Å². The third kappa shape index (κ3) is 3.95. The molecule has 1 N–H and O–H groups in total. The van der Waals surface area contributed by atoms with Gasteiger partial charge in [-0.2, -0.15) is 0 Å². The lowest BCUT2D eigenvalue weighted by Crippen LogP contribution is -2.44. The molecule has 3 fully saturated rings. The largest absolute Gasteiger partial charge is 0.396 e. The average Bonchev–Trinajstić information content (AvgIpc) is 3.29. The fourth-order valence-electron chi connectivity index (χ4n) is 3.75. The van der Waals surface area contributed by atoms with Gasteiger partial charge >= 0.3 is 0 Å². The zero-order valence-corrected chi connectivity index (χ0v) is 12.6. The highest BCUT2D eigenvalue weighted by atomic mass is 16.3. The van der Waals surface area contributed by atoms with Crippen LogP contribution in [0.4, 0.5) is 0 Å². The van der Waals surface area contributed by atoms with Crippen molar-refractivity contribution in [2.24, 2.45) is 23.2 Å². The van der Waals surface area contributed by atoms with Crippen molar-refractivity contribution in [3.63, 3.8) is 0 Å². The molecule has 0 aromatic heterocycles. The maximum absolute atomic E-state index is 9.95. The van der Waals surface area contributed by atoms with Crippen LogP contribution in [0.3, 0.4) is 0 Å². The van der Waals surface area contributed by atoms with Crippen molar-refractivity contribution >= 4 is 0 Å². The number of hydrogen-bond donors (Lipinski definition) is 1. The van der Waals surface area contributed by atoms with Crippen molar-refractivity contribution in [1.29, 1.82) is 0 Å². The molecule has 3 saturated carbocycles. The van der Waals surface area contributed by atoms with Crippen molar-refractivity contribution in [1.82, 2.24) is 4.90 Å². The third-order valence-corrected chi connectivity index (χ3v) is 5.66. The van der Waals surface area contributed by atoms with Crippen LogP contribution < -0.4 is 0 Å². The number of hydrogen-bond acceptors (Lipinski definition) is 2. The summed E-state index contributed by atoms with van der Waals surface area (Å²) in [6, 6.07) is 0. The van der Waals surface area contributed by atoms with Crippen LogP contribution >= 0.6 is 0 Å². The molecule has 0 atom stereocenters. The number of rotatable bonds is 7. The molecule has 0 aliphatic heterocycles. The molecule has 2 nitrogen and oxygen atoms in total. The van der Waals surface area contributed by atoms with Crippen LogP contribution in [0.2, 0.25) is 0 Å². The molecule has 19 heavy (non-hydrogen) atoms. The molecular formula is C17H31NO. The second kappa shape index (κ2) is 5.73. The van der Waals surface area contributed by atoms with E-state index in [4.69, 9.17) is 0 Å². The molecule has 0 bridgehead atoms. The molecule has 0 spiro atoms. The number of aliphatic hydroxyl groups excluding tert-OH is 1. The lowest BCUT2D eigenvalue weighted by atomic mass is 9.71. The van der Waals surface area contributed by atoms with Crippen LogP contribution in [0.25, 0.3) is 0 Å². The Bertz CT molecular complexity index is 274. The van der Waals surface area contributed by atoms with E-state index < -0.39 is 0 Å². The van der Waals surface area contributed by atoms with Gasteiger partial charge in [-0.3, -0.25) is 0 Å². The minimum atomic E-state index is 0.232. The van der Waals surface area contributed by atoms with E-state index in [0.29, 0.717) is 6.61 Å². The van der Waals surface area contributed by atoms with Crippen molar-refractivity contribution in [2.45, 2.75) is 58.3 Å². The maximum Gasteiger partial charge on any atom is 0.0499 e. The molecule has 3 aliphatic rings. The fraction of sp³-hybridized carbons (Fsp3) is 1.00. The van der Waals surface area contributed by atoms with Gasteiger partial charge in [0, 0.05) is 31.7 Å². The second-order valence-electron chi connectivity index (χ2n) is 7.92. The first-order valence-corrected chi connectivity index (χ1v) is 8.52. The van der Waals surface area contributed by atoms with Gasteiger partial charge in [-0.1, -0.05) is 19.8 Å². The number of nitrogens with zero attached hydrogens (tertiary/aromatic N) is 1. The molecule has 0 radical (unpaired) electrons. The normalized spacial score (nSPS) is 35.8. The maximum atomic E-state index is 9.95. The molecule has 0 amide bonds. The Morgan fingerprint density at radius 2 is 1.47 bits per heavy atom. The van der Waals surface area contributed by atoms with Gasteiger partial charge in [0.15, 0.2) is 0 Å². The Morgan fingerprint density at radius 1 is 0.947 bits per heavy atom. The predicted molar refractivity (Wildman–Crippen MR) is 79.0 cm³/mol. The molecular weight excluding hydrogens is 234 g/mol. The zero-order valence-electron chi connectivity index (χ0n) is 12.6. The molecule has 0 aromatic carbocycles. The highest BCUT2D eigenvalue weighted by Gasteiger charge is 2.38. The van der Waals surface area contributed by atoms with Crippen molar-refractivity contribution < 1.29 is 5.11 Å². The van der Waals surface area contributed by atoms with E-state index in [1.165, 1.54) is 71.0 Å². The molecule has 3 rings (SSSR count). The highest BCUT2D eigenvalue weighted by molar-refractivity contribution is 4.90. The Morgan fingerprint density at radius 3 is 1.89 bits per heavy atom. The predicted octanol–water partition coefficient (Wildman–Crippen LogP) is 3.30. The molecule has 2 heteroatoms. The average molecular weight is 265 g/mol. The fourth-order valence-corrected chi connectivity index (χ4v) is 3.75. The van der Waals surface area contributed by atoms with Gasteiger partial charge < -0.3 is 10.0 Å². The molecule has 3 aliphatic carbocycles. The first kappa shape index (κ1) is 13.9. The smallest absolute Gasteiger partial charge is 0.0499 e. The summed E-state index contributed by atoms with van der Waals surface area (Å²) in [5, 5.41) is 9.95. The van der Waals surface area contributed by atoms with E-state index >= 15 is 0 Å². The second-order valence-corrected chi connectivity index (χ2v) is 7.92. The first-order chi connectivity index (χ1) is 9.19. The summed E-state index contributed by atoms with van der Waals surface area (Å²) in [6.45, 7) is 6.57. The molecule has 110 valence electrons. The van der Waals surface area contributed by atoms with E-state index in [1.807, 2.05) is 0 Å². The van der Waals surface area contributed by atoms with E-state index in [1.54, 1.807) is 0 Å². The SMILES string of the molecule is CC1CCC(CO)(CN(CC2CC2)CC2CC2)CC1. The molecule has 0 unspecified atom stereocenters. The molecule has 0 heterocycles. The van der Waals surface area contributed by atoms with E-state index in [9.17, 15) is 5.11 Å². The first-order valence-electron chi connectivity index (χ1n) is 8.52. The van der Waals surface area contributed by atoms with E-state index in [-0.39, 0.29) is 5.41 Å². The zero-order chi connectivity index (χ0) is 13.3. The minimum Gasteiger partial charge on any atom is -0.396 e. The minimum absolute atomic E-state index is 0.232. The van der Waals surface area contributed by atoms with E-state index in [0.717, 1.165) is 17.8 Å². The molecule has 0 saturated heterocycles. The molecule has 0 aromatic rings. The summed E-state index contributed by atoms with van der Waals surface area (Å²) in [5.41, 5.74) is 0.232. The van der Waals surface area contributed by atoms with Crippen LogP contribution in [-0.2, 0) is 0 Å². The standard InChI is InChI=1S/C17H31NO/c1-14-6-8-17(13-19,9-7-14)12-18(10-15-2-3-15)11-16-4-5-16/h14-16,19H,2-13H2,1H3. The highest BCUT2D eigenvalue weighted by Crippen LogP contribution is 2.41. The van der Waals surface area contributed by atoms with Gasteiger partial charge in [0.05, 0.1) is 0 Å². The topological polar surface area (TPSA) is 23.5 Å². The van der Waals surface area contributed by atoms with Crippen LogP contribution in [0, 0.1) is 23.2 Å². The van der Waals surface area contributed by atoms with Crippen LogP contribution in [0.1, 0.15) is 58.3 Å². The van der Waals surface area contributed by atoms with Gasteiger partial charge in [-0.25, -0.2) is 0 Å². The Hall–Kier alpha value is -0.0800. The quantitative estimate of drug-likeness (QED) is 0.763. The lowest BCUT2D eigenvalue weighted by molar-refractivity contribution is 0.0265. The van der Waals surface area contributed by atoms with E-state index in [2.05, 4.69) is 11.8 Å². The lowest BCUT2D eigenvalue weighted by Gasteiger charge is -2.41. The van der Waals surface area contributed by atoms with Crippen LogP contribution in [-0.4, -0.2) is 36.2 Å². The summed E-state index contributed by atoms with van der Waals surface area (Å²) < 4.78 is 0.